The number of fused-ring (bicyclic) bond motifs is 3. The average molecular weight is 357 g/mol. The summed E-state index contributed by atoms with van der Waals surface area (Å²) in [5.41, 5.74) is 8.03. The molecule has 0 saturated carbocycles. The van der Waals surface area contributed by atoms with Crippen LogP contribution in [0.5, 0.6) is 5.75 Å². The molecule has 0 aliphatic carbocycles. The van der Waals surface area contributed by atoms with Crippen LogP contribution in [-0.2, 0) is 16.1 Å². The standard InChI is InChI=1S/C19H23N3O4/c1-19(2)7-10(8-20)11-3-4-12-13(16(11)26-19)9-22(18(12)25)14-5-6-15(23)21-17(14)24/h3-4,10,14H,5-9,20H2,1-2H3,(H,21,23,24). The van der Waals surface area contributed by atoms with Gasteiger partial charge in [-0.15, -0.1) is 0 Å². The van der Waals surface area contributed by atoms with Crippen LogP contribution in [0.3, 0.4) is 0 Å². The fourth-order valence-corrected chi connectivity index (χ4v) is 4.30. The molecule has 2 atom stereocenters. The fraction of sp³-hybridized carbons (Fsp3) is 0.526. The zero-order chi connectivity index (χ0) is 18.6. The molecule has 1 saturated heterocycles. The molecule has 0 bridgehead atoms. The van der Waals surface area contributed by atoms with Crippen molar-refractivity contribution in [3.05, 3.63) is 28.8 Å². The molecule has 1 aromatic carbocycles. The SMILES string of the molecule is CC1(C)CC(CN)c2ccc3c(c2O1)CN(C1CCC(=O)NC1=O)C3=O. The van der Waals surface area contributed by atoms with E-state index in [4.69, 9.17) is 10.5 Å². The van der Waals surface area contributed by atoms with Crippen LogP contribution >= 0.6 is 0 Å². The molecule has 4 rings (SSSR count). The zero-order valence-electron chi connectivity index (χ0n) is 15.0. The number of carbonyl (C=O) groups excluding carboxylic acids is 3. The molecule has 1 fully saturated rings. The number of nitrogens with zero attached hydrogens (tertiary/aromatic N) is 1. The number of hydrogen-bond donors (Lipinski definition) is 2. The molecule has 3 heterocycles. The molecule has 138 valence electrons. The van der Waals surface area contributed by atoms with Crippen molar-refractivity contribution < 1.29 is 19.1 Å². The first-order valence-electron chi connectivity index (χ1n) is 9.00. The topological polar surface area (TPSA) is 102 Å². The molecule has 3 N–H and O–H groups in total. The second-order valence-corrected chi connectivity index (χ2v) is 7.91. The first-order chi connectivity index (χ1) is 12.3. The number of hydrogen-bond acceptors (Lipinski definition) is 5. The smallest absolute Gasteiger partial charge is 0.255 e. The van der Waals surface area contributed by atoms with Crippen LogP contribution < -0.4 is 15.8 Å². The van der Waals surface area contributed by atoms with Gasteiger partial charge in [-0.2, -0.15) is 0 Å². The van der Waals surface area contributed by atoms with E-state index in [0.29, 0.717) is 25.1 Å². The number of carbonyl (C=O) groups is 3. The van der Waals surface area contributed by atoms with Crippen molar-refractivity contribution >= 4 is 17.7 Å². The summed E-state index contributed by atoms with van der Waals surface area (Å²) in [4.78, 5) is 38.1. The average Bonchev–Trinajstić information content (AvgIpc) is 2.91. The van der Waals surface area contributed by atoms with E-state index in [1.165, 1.54) is 0 Å². The van der Waals surface area contributed by atoms with Crippen LogP contribution in [-0.4, -0.2) is 40.8 Å². The summed E-state index contributed by atoms with van der Waals surface area (Å²) in [6.45, 7) is 4.87. The van der Waals surface area contributed by atoms with Crippen molar-refractivity contribution in [2.75, 3.05) is 6.54 Å². The number of amides is 3. The maximum Gasteiger partial charge on any atom is 0.255 e. The van der Waals surface area contributed by atoms with Gasteiger partial charge in [0.2, 0.25) is 11.8 Å². The summed E-state index contributed by atoms with van der Waals surface area (Å²) in [7, 11) is 0. The third-order valence-electron chi connectivity index (χ3n) is 5.54. The predicted octanol–water partition coefficient (Wildman–Crippen LogP) is 1.05. The van der Waals surface area contributed by atoms with Gasteiger partial charge in [-0.1, -0.05) is 6.07 Å². The first-order valence-corrected chi connectivity index (χ1v) is 9.00. The first kappa shape index (κ1) is 17.0. The van der Waals surface area contributed by atoms with Gasteiger partial charge in [0, 0.05) is 23.5 Å². The number of ether oxygens (including phenoxy) is 1. The lowest BCUT2D eigenvalue weighted by molar-refractivity contribution is -0.136. The molecular formula is C19H23N3O4. The summed E-state index contributed by atoms with van der Waals surface area (Å²) in [5.74, 6) is 0.0331. The van der Waals surface area contributed by atoms with Crippen molar-refractivity contribution in [1.82, 2.24) is 10.2 Å². The highest BCUT2D eigenvalue weighted by Crippen LogP contribution is 2.46. The highest BCUT2D eigenvalue weighted by Gasteiger charge is 2.43. The van der Waals surface area contributed by atoms with Gasteiger partial charge in [0.05, 0.1) is 6.54 Å². The second kappa shape index (κ2) is 5.81. The van der Waals surface area contributed by atoms with Crippen LogP contribution in [0.25, 0.3) is 0 Å². The third-order valence-corrected chi connectivity index (χ3v) is 5.54. The van der Waals surface area contributed by atoms with E-state index >= 15 is 0 Å². The van der Waals surface area contributed by atoms with E-state index in [0.717, 1.165) is 23.3 Å². The van der Waals surface area contributed by atoms with Gasteiger partial charge in [-0.05, 0) is 44.9 Å². The zero-order valence-corrected chi connectivity index (χ0v) is 15.0. The molecule has 1 aromatic rings. The monoisotopic (exact) mass is 357 g/mol. The number of imide groups is 1. The molecule has 0 aromatic heterocycles. The molecule has 2 unspecified atom stereocenters. The van der Waals surface area contributed by atoms with Crippen molar-refractivity contribution in [2.24, 2.45) is 5.73 Å². The van der Waals surface area contributed by atoms with Crippen LogP contribution in [0.4, 0.5) is 0 Å². The molecule has 3 amide bonds. The summed E-state index contributed by atoms with van der Waals surface area (Å²) in [6.07, 6.45) is 1.41. The van der Waals surface area contributed by atoms with Crippen LogP contribution in [0.2, 0.25) is 0 Å². The Morgan fingerprint density at radius 1 is 1.31 bits per heavy atom. The largest absolute Gasteiger partial charge is 0.487 e. The van der Waals surface area contributed by atoms with Crippen molar-refractivity contribution in [1.29, 1.82) is 0 Å². The molecule has 3 aliphatic rings. The van der Waals surface area contributed by atoms with Crippen LogP contribution in [0.1, 0.15) is 60.5 Å². The minimum absolute atomic E-state index is 0.179. The maximum atomic E-state index is 12.9. The van der Waals surface area contributed by atoms with Gasteiger partial charge >= 0.3 is 0 Å². The molecule has 7 nitrogen and oxygen atoms in total. The highest BCUT2D eigenvalue weighted by molar-refractivity contribution is 6.05. The van der Waals surface area contributed by atoms with E-state index in [2.05, 4.69) is 5.32 Å². The molecule has 3 aliphatic heterocycles. The number of nitrogens with one attached hydrogen (secondary N) is 1. The Morgan fingerprint density at radius 2 is 2.08 bits per heavy atom. The highest BCUT2D eigenvalue weighted by atomic mass is 16.5. The number of nitrogens with two attached hydrogens (primary N) is 1. The van der Waals surface area contributed by atoms with Crippen LogP contribution in [0, 0.1) is 0 Å². The van der Waals surface area contributed by atoms with Crippen molar-refractivity contribution in [2.45, 2.75) is 57.2 Å². The summed E-state index contributed by atoms with van der Waals surface area (Å²) < 4.78 is 6.23. The lowest BCUT2D eigenvalue weighted by Gasteiger charge is -2.38. The van der Waals surface area contributed by atoms with E-state index < -0.39 is 11.9 Å². The van der Waals surface area contributed by atoms with Gasteiger partial charge in [-0.25, -0.2) is 0 Å². The minimum Gasteiger partial charge on any atom is -0.487 e. The Labute approximate surface area is 151 Å². The van der Waals surface area contributed by atoms with Gasteiger partial charge in [-0.3, -0.25) is 19.7 Å². The number of rotatable bonds is 2. The van der Waals surface area contributed by atoms with Crippen LogP contribution in [0.15, 0.2) is 12.1 Å². The van der Waals surface area contributed by atoms with E-state index in [-0.39, 0.29) is 29.8 Å². The Balaban J connectivity index is 1.71. The Hall–Kier alpha value is -2.41. The Bertz CT molecular complexity index is 817. The Morgan fingerprint density at radius 3 is 2.77 bits per heavy atom. The molecule has 7 heteroatoms. The summed E-state index contributed by atoms with van der Waals surface area (Å²) >= 11 is 0. The molecule has 0 spiro atoms. The van der Waals surface area contributed by atoms with Gasteiger partial charge in [0.25, 0.3) is 5.91 Å². The molecular weight excluding hydrogens is 334 g/mol. The lowest BCUT2D eigenvalue weighted by Crippen LogP contribution is -2.52. The third kappa shape index (κ3) is 2.58. The maximum absolute atomic E-state index is 12.9. The quantitative estimate of drug-likeness (QED) is 0.771. The van der Waals surface area contributed by atoms with Crippen molar-refractivity contribution in [3.8, 4) is 5.75 Å². The normalized spacial score (nSPS) is 26.9. The van der Waals surface area contributed by atoms with E-state index in [1.54, 1.807) is 4.90 Å². The molecule has 26 heavy (non-hydrogen) atoms. The predicted molar refractivity (Wildman–Crippen MR) is 93.6 cm³/mol. The van der Waals surface area contributed by atoms with Crippen molar-refractivity contribution in [3.63, 3.8) is 0 Å². The fourth-order valence-electron chi connectivity index (χ4n) is 4.30. The number of benzene rings is 1. The second-order valence-electron chi connectivity index (χ2n) is 7.91. The summed E-state index contributed by atoms with van der Waals surface area (Å²) in [6, 6.07) is 3.12. The van der Waals surface area contributed by atoms with Gasteiger partial charge < -0.3 is 15.4 Å². The van der Waals surface area contributed by atoms with E-state index in [9.17, 15) is 14.4 Å². The summed E-state index contributed by atoms with van der Waals surface area (Å²) in [5, 5.41) is 2.33. The molecule has 0 radical (unpaired) electrons. The van der Waals surface area contributed by atoms with E-state index in [1.807, 2.05) is 26.0 Å². The Kier molecular flexibility index (Phi) is 3.80. The van der Waals surface area contributed by atoms with Gasteiger partial charge in [0.15, 0.2) is 0 Å². The number of piperidine rings is 1. The minimum atomic E-state index is -0.620. The van der Waals surface area contributed by atoms with Gasteiger partial charge in [0.1, 0.15) is 17.4 Å². The lowest BCUT2D eigenvalue weighted by atomic mass is 9.83.